The topological polar surface area (TPSA) is 24.1 Å². The van der Waals surface area contributed by atoms with Crippen molar-refractivity contribution in [1.29, 1.82) is 0 Å². The molecule has 0 aromatic carbocycles. The molecule has 0 bridgehead atoms. The molecule has 2 heteroatoms. The Morgan fingerprint density at radius 2 is 1.62 bits per heavy atom. The summed E-state index contributed by atoms with van der Waals surface area (Å²) in [6, 6.07) is 0.346. The van der Waals surface area contributed by atoms with Crippen LogP contribution in [-0.2, 0) is 0 Å². The van der Waals surface area contributed by atoms with Crippen molar-refractivity contribution in [3.05, 3.63) is 60.1 Å². The molecule has 1 atom stereocenters. The zero-order chi connectivity index (χ0) is 21.5. The van der Waals surface area contributed by atoms with E-state index in [9.17, 15) is 0 Å². The highest BCUT2D eigenvalue weighted by molar-refractivity contribution is 5.31. The summed E-state index contributed by atoms with van der Waals surface area (Å²) in [5.41, 5.74) is 3.45. The van der Waals surface area contributed by atoms with E-state index < -0.39 is 0 Å². The van der Waals surface area contributed by atoms with Crippen LogP contribution >= 0.6 is 0 Å². The Morgan fingerprint density at radius 1 is 0.966 bits per heavy atom. The second-order valence-corrected chi connectivity index (χ2v) is 11.6. The van der Waals surface area contributed by atoms with Gasteiger partial charge in [-0.25, -0.2) is 0 Å². The van der Waals surface area contributed by atoms with E-state index in [-0.39, 0.29) is 0 Å². The molecule has 2 aliphatic carbocycles. The van der Waals surface area contributed by atoms with Gasteiger partial charge in [0, 0.05) is 17.4 Å². The molecule has 0 saturated carbocycles. The maximum absolute atomic E-state index is 3.67. The molecule has 162 valence electrons. The molecule has 0 aromatic rings. The molecule has 1 unspecified atom stereocenters. The summed E-state index contributed by atoms with van der Waals surface area (Å²) < 4.78 is 0. The van der Waals surface area contributed by atoms with Gasteiger partial charge in [-0.1, -0.05) is 72.8 Å². The summed E-state index contributed by atoms with van der Waals surface area (Å²) in [5.74, 6) is 0. The first-order valence-electron chi connectivity index (χ1n) is 11.4. The van der Waals surface area contributed by atoms with Gasteiger partial charge in [-0.05, 0) is 79.2 Å². The van der Waals surface area contributed by atoms with Crippen molar-refractivity contribution in [1.82, 2.24) is 10.6 Å². The van der Waals surface area contributed by atoms with Crippen molar-refractivity contribution in [2.75, 3.05) is 0 Å². The van der Waals surface area contributed by atoms with Crippen LogP contribution < -0.4 is 10.6 Å². The molecule has 0 amide bonds. The number of hydrogen-bond donors (Lipinski definition) is 2. The first-order chi connectivity index (χ1) is 13.4. The van der Waals surface area contributed by atoms with Crippen molar-refractivity contribution in [2.24, 2.45) is 16.2 Å². The van der Waals surface area contributed by atoms with Gasteiger partial charge < -0.3 is 10.6 Å². The van der Waals surface area contributed by atoms with Gasteiger partial charge in [0.2, 0.25) is 0 Å². The Hall–Kier alpha value is -1.70. The SMILES string of the molecule is CC(C)(C)C/C=C/NC1C=C(NC2=C/CC(C)(C)CCC(C)(C)C/C=C\2)C=CC1. The van der Waals surface area contributed by atoms with Crippen LogP contribution in [0.25, 0.3) is 0 Å². The lowest BCUT2D eigenvalue weighted by Crippen LogP contribution is -2.26. The average Bonchev–Trinajstić information content (AvgIpc) is 2.61. The molecule has 0 aliphatic heterocycles. The van der Waals surface area contributed by atoms with Gasteiger partial charge in [-0.2, -0.15) is 0 Å². The highest BCUT2D eigenvalue weighted by Crippen LogP contribution is 2.36. The molecular formula is C27H44N2. The molecule has 2 N–H and O–H groups in total. The standard InChI is InChI=1S/C27H44N2/c1-25(2,3)15-10-20-28-23-11-8-12-24(21-23)29-22-13-9-16-26(4,5)18-19-27(6,7)17-14-22/h8-10,12-14,20-21,23,28-29H,11,15-19H2,1-7H3/b13-9-,20-10+,22-14+. The predicted octanol–water partition coefficient (Wildman–Crippen LogP) is 7.39. The van der Waals surface area contributed by atoms with Crippen molar-refractivity contribution in [2.45, 2.75) is 93.0 Å². The lowest BCUT2D eigenvalue weighted by molar-refractivity contribution is 0.241. The highest BCUT2D eigenvalue weighted by Gasteiger charge is 2.24. The predicted molar refractivity (Wildman–Crippen MR) is 128 cm³/mol. The van der Waals surface area contributed by atoms with E-state index in [4.69, 9.17) is 0 Å². The summed E-state index contributed by atoms with van der Waals surface area (Å²) in [6.45, 7) is 16.4. The van der Waals surface area contributed by atoms with Crippen LogP contribution in [0.5, 0.6) is 0 Å². The fraction of sp³-hybridized carbons (Fsp3) is 0.630. The molecule has 2 aliphatic rings. The van der Waals surface area contributed by atoms with Gasteiger partial charge in [-0.15, -0.1) is 0 Å². The van der Waals surface area contributed by atoms with Gasteiger partial charge >= 0.3 is 0 Å². The van der Waals surface area contributed by atoms with Crippen LogP contribution in [0.3, 0.4) is 0 Å². The Labute approximate surface area is 180 Å². The molecule has 0 heterocycles. The first kappa shape index (κ1) is 23.6. The molecule has 0 spiro atoms. The summed E-state index contributed by atoms with van der Waals surface area (Å²) in [6.07, 6.45) is 25.0. The minimum atomic E-state index is 0.337. The molecule has 2 rings (SSSR count). The summed E-state index contributed by atoms with van der Waals surface area (Å²) in [5, 5.41) is 7.21. The Bertz CT molecular complexity index is 678. The lowest BCUT2D eigenvalue weighted by atomic mass is 9.75. The Kier molecular flexibility index (Phi) is 8.02. The third-order valence-electron chi connectivity index (χ3n) is 5.84. The second-order valence-electron chi connectivity index (χ2n) is 11.6. The van der Waals surface area contributed by atoms with Crippen LogP contribution in [-0.4, -0.2) is 6.04 Å². The number of nitrogens with one attached hydrogen (secondary N) is 2. The molecule has 0 aromatic heterocycles. The summed E-state index contributed by atoms with van der Waals surface area (Å²) in [4.78, 5) is 0. The quantitative estimate of drug-likeness (QED) is 0.506. The van der Waals surface area contributed by atoms with Crippen LogP contribution in [0.15, 0.2) is 60.1 Å². The Balaban J connectivity index is 2.03. The van der Waals surface area contributed by atoms with E-state index in [1.54, 1.807) is 0 Å². The van der Waals surface area contributed by atoms with Crippen molar-refractivity contribution in [3.8, 4) is 0 Å². The van der Waals surface area contributed by atoms with Crippen molar-refractivity contribution in [3.63, 3.8) is 0 Å². The van der Waals surface area contributed by atoms with Gasteiger partial charge in [0.15, 0.2) is 0 Å². The molecule has 2 nitrogen and oxygen atoms in total. The maximum atomic E-state index is 3.67. The molecule has 29 heavy (non-hydrogen) atoms. The van der Waals surface area contributed by atoms with E-state index >= 15 is 0 Å². The average molecular weight is 397 g/mol. The minimum absolute atomic E-state index is 0.337. The van der Waals surface area contributed by atoms with Crippen molar-refractivity contribution >= 4 is 0 Å². The van der Waals surface area contributed by atoms with Gasteiger partial charge in [-0.3, -0.25) is 0 Å². The van der Waals surface area contributed by atoms with Crippen molar-refractivity contribution < 1.29 is 0 Å². The Morgan fingerprint density at radius 3 is 2.31 bits per heavy atom. The van der Waals surface area contributed by atoms with Crippen LogP contribution in [0, 0.1) is 16.2 Å². The fourth-order valence-electron chi connectivity index (χ4n) is 3.59. The van der Waals surface area contributed by atoms with E-state index in [0.29, 0.717) is 22.3 Å². The van der Waals surface area contributed by atoms with E-state index in [2.05, 4.69) is 108 Å². The molecule has 0 radical (unpaired) electrons. The summed E-state index contributed by atoms with van der Waals surface area (Å²) >= 11 is 0. The van der Waals surface area contributed by atoms with E-state index in [0.717, 1.165) is 25.7 Å². The number of hydrogen-bond acceptors (Lipinski definition) is 2. The molecule has 0 fully saturated rings. The van der Waals surface area contributed by atoms with Crippen LogP contribution in [0.4, 0.5) is 0 Å². The normalized spacial score (nSPS) is 27.6. The zero-order valence-electron chi connectivity index (χ0n) is 19.9. The largest absolute Gasteiger partial charge is 0.385 e. The van der Waals surface area contributed by atoms with Gasteiger partial charge in [0.1, 0.15) is 0 Å². The molecule has 0 saturated heterocycles. The molecular weight excluding hydrogens is 352 g/mol. The lowest BCUT2D eigenvalue weighted by Gasteiger charge is -2.31. The second kappa shape index (κ2) is 9.87. The minimum Gasteiger partial charge on any atom is -0.385 e. The van der Waals surface area contributed by atoms with E-state index in [1.165, 1.54) is 24.2 Å². The zero-order valence-corrected chi connectivity index (χ0v) is 19.9. The fourth-order valence-corrected chi connectivity index (χ4v) is 3.59. The number of rotatable bonds is 5. The third kappa shape index (κ3) is 9.56. The number of allylic oxidation sites excluding steroid dienone is 5. The first-order valence-corrected chi connectivity index (χ1v) is 11.4. The third-order valence-corrected chi connectivity index (χ3v) is 5.84. The van der Waals surface area contributed by atoms with Gasteiger partial charge in [0.05, 0.1) is 0 Å². The maximum Gasteiger partial charge on any atom is 0.0496 e. The smallest absolute Gasteiger partial charge is 0.0496 e. The van der Waals surface area contributed by atoms with Gasteiger partial charge in [0.25, 0.3) is 0 Å². The monoisotopic (exact) mass is 396 g/mol. The summed E-state index contributed by atoms with van der Waals surface area (Å²) in [7, 11) is 0. The van der Waals surface area contributed by atoms with Crippen LogP contribution in [0.1, 0.15) is 87.0 Å². The highest BCUT2D eigenvalue weighted by atomic mass is 14.9. The van der Waals surface area contributed by atoms with E-state index in [1.807, 2.05) is 0 Å². The van der Waals surface area contributed by atoms with Crippen LogP contribution in [0.2, 0.25) is 0 Å².